The number of methoxy groups -OCH3 is 1. The molecule has 0 spiro atoms. The van der Waals surface area contributed by atoms with Crippen LogP contribution in [0.4, 0.5) is 15.8 Å². The Bertz CT molecular complexity index is 528. The average Bonchev–Trinajstić information content (AvgIpc) is 2.41. The molecule has 1 aromatic carbocycles. The lowest BCUT2D eigenvalue weighted by Gasteiger charge is -2.25. The number of nitrogen functional groups attached to an aromatic ring is 1. The second-order valence-corrected chi connectivity index (χ2v) is 4.08. The predicted molar refractivity (Wildman–Crippen MR) is 72.1 cm³/mol. The summed E-state index contributed by atoms with van der Waals surface area (Å²) >= 11 is 0. The Labute approximate surface area is 116 Å². The lowest BCUT2D eigenvalue weighted by atomic mass is 10.1. The van der Waals surface area contributed by atoms with Gasteiger partial charge >= 0.3 is 5.97 Å². The number of rotatable bonds is 7. The Kier molecular flexibility index (Phi) is 5.74. The van der Waals surface area contributed by atoms with E-state index in [0.29, 0.717) is 25.4 Å². The van der Waals surface area contributed by atoms with E-state index in [1.165, 1.54) is 7.11 Å². The third-order valence-corrected chi connectivity index (χ3v) is 2.75. The highest BCUT2D eigenvalue weighted by molar-refractivity contribution is 5.90. The van der Waals surface area contributed by atoms with E-state index < -0.39 is 17.3 Å². The highest BCUT2D eigenvalue weighted by Gasteiger charge is 2.17. The van der Waals surface area contributed by atoms with Crippen molar-refractivity contribution in [1.82, 2.24) is 0 Å². The highest BCUT2D eigenvalue weighted by Crippen LogP contribution is 2.27. The number of anilines is 2. The summed E-state index contributed by atoms with van der Waals surface area (Å²) < 4.78 is 18.7. The number of aromatic carboxylic acids is 1. The van der Waals surface area contributed by atoms with Gasteiger partial charge in [-0.15, -0.1) is 0 Å². The lowest BCUT2D eigenvalue weighted by Crippen LogP contribution is -2.29. The van der Waals surface area contributed by atoms with Crippen LogP contribution in [0.15, 0.2) is 12.1 Å². The van der Waals surface area contributed by atoms with Crippen molar-refractivity contribution in [1.29, 1.82) is 5.26 Å². The molecule has 0 saturated carbocycles. The lowest BCUT2D eigenvalue weighted by molar-refractivity contribution is 0.0692. The predicted octanol–water partition coefficient (Wildman–Crippen LogP) is 1.47. The Hall–Kier alpha value is -2.33. The van der Waals surface area contributed by atoms with Crippen molar-refractivity contribution < 1.29 is 19.0 Å². The molecule has 0 fully saturated rings. The number of carboxylic acid groups (broad SMARTS) is 1. The number of halogens is 1. The molecule has 0 radical (unpaired) electrons. The Morgan fingerprint density at radius 2 is 2.25 bits per heavy atom. The molecule has 0 bridgehead atoms. The molecule has 0 amide bonds. The molecule has 7 heteroatoms. The maximum absolute atomic E-state index is 13.7. The minimum Gasteiger partial charge on any atom is -0.478 e. The molecule has 20 heavy (non-hydrogen) atoms. The van der Waals surface area contributed by atoms with Gasteiger partial charge in [-0.1, -0.05) is 0 Å². The summed E-state index contributed by atoms with van der Waals surface area (Å²) in [4.78, 5) is 12.5. The summed E-state index contributed by atoms with van der Waals surface area (Å²) in [6.45, 7) is 1.16. The molecule has 0 heterocycles. The molecular formula is C13H16FN3O3. The van der Waals surface area contributed by atoms with E-state index in [1.807, 2.05) is 6.07 Å². The maximum Gasteiger partial charge on any atom is 0.338 e. The van der Waals surface area contributed by atoms with E-state index >= 15 is 0 Å². The number of nitrogens with two attached hydrogens (primary N) is 1. The fraction of sp³-hybridized carbons (Fsp3) is 0.385. The van der Waals surface area contributed by atoms with Crippen molar-refractivity contribution in [3.63, 3.8) is 0 Å². The second-order valence-electron chi connectivity index (χ2n) is 4.08. The number of nitrogens with zero attached hydrogens (tertiary/aromatic N) is 2. The van der Waals surface area contributed by atoms with Gasteiger partial charge in [0.25, 0.3) is 0 Å². The van der Waals surface area contributed by atoms with Crippen LogP contribution in [0, 0.1) is 17.1 Å². The van der Waals surface area contributed by atoms with Crippen molar-refractivity contribution >= 4 is 17.3 Å². The molecule has 0 saturated heterocycles. The topological polar surface area (TPSA) is 99.6 Å². The number of hydrogen-bond acceptors (Lipinski definition) is 5. The van der Waals surface area contributed by atoms with Crippen molar-refractivity contribution in [3.8, 4) is 6.07 Å². The Morgan fingerprint density at radius 1 is 1.55 bits per heavy atom. The zero-order chi connectivity index (χ0) is 15.1. The van der Waals surface area contributed by atoms with E-state index in [1.54, 1.807) is 4.90 Å². The quantitative estimate of drug-likeness (QED) is 0.734. The zero-order valence-electron chi connectivity index (χ0n) is 11.1. The number of ether oxygens (including phenoxy) is 1. The standard InChI is InChI=1S/C13H16FN3O3/c1-20-6-5-17(4-2-3-15)12-8-10(14)9(13(18)19)7-11(12)16/h7-8H,2,4-6,16H2,1H3,(H,18,19). The first kappa shape index (κ1) is 15.7. The van der Waals surface area contributed by atoms with Crippen LogP contribution < -0.4 is 10.6 Å². The van der Waals surface area contributed by atoms with E-state index in [4.69, 9.17) is 20.8 Å². The molecule has 3 N–H and O–H groups in total. The van der Waals surface area contributed by atoms with E-state index in [-0.39, 0.29) is 12.1 Å². The first-order chi connectivity index (χ1) is 9.51. The molecule has 0 aliphatic rings. The van der Waals surface area contributed by atoms with Crippen LogP contribution in [0.2, 0.25) is 0 Å². The summed E-state index contributed by atoms with van der Waals surface area (Å²) in [7, 11) is 1.53. The van der Waals surface area contributed by atoms with Crippen LogP contribution in [0.1, 0.15) is 16.8 Å². The van der Waals surface area contributed by atoms with Crippen molar-refractivity contribution in [3.05, 3.63) is 23.5 Å². The minimum absolute atomic E-state index is 0.151. The van der Waals surface area contributed by atoms with Gasteiger partial charge in [-0.25, -0.2) is 9.18 Å². The van der Waals surface area contributed by atoms with Gasteiger partial charge in [-0.05, 0) is 6.07 Å². The Balaban J connectivity index is 3.09. The summed E-state index contributed by atoms with van der Waals surface area (Å²) in [5.41, 5.74) is 5.81. The number of nitriles is 1. The first-order valence-corrected chi connectivity index (χ1v) is 5.94. The number of hydrogen-bond donors (Lipinski definition) is 2. The number of carbonyl (C=O) groups is 1. The molecule has 0 aliphatic carbocycles. The van der Waals surface area contributed by atoms with Crippen molar-refractivity contribution in [2.24, 2.45) is 0 Å². The molecule has 0 atom stereocenters. The highest BCUT2D eigenvalue weighted by atomic mass is 19.1. The third kappa shape index (κ3) is 3.83. The smallest absolute Gasteiger partial charge is 0.338 e. The van der Waals surface area contributed by atoms with E-state index in [2.05, 4.69) is 0 Å². The van der Waals surface area contributed by atoms with Crippen LogP contribution in [0.5, 0.6) is 0 Å². The first-order valence-electron chi connectivity index (χ1n) is 5.94. The average molecular weight is 281 g/mol. The van der Waals surface area contributed by atoms with Crippen LogP contribution in [-0.2, 0) is 4.74 Å². The molecule has 1 aromatic rings. The van der Waals surface area contributed by atoms with Gasteiger partial charge in [0.1, 0.15) is 5.82 Å². The third-order valence-electron chi connectivity index (χ3n) is 2.75. The van der Waals surface area contributed by atoms with Gasteiger partial charge in [0.15, 0.2) is 0 Å². The molecule has 0 aromatic heterocycles. The SMILES string of the molecule is COCCN(CCC#N)c1cc(F)c(C(=O)O)cc1N. The van der Waals surface area contributed by atoms with Crippen LogP contribution in [-0.4, -0.2) is 37.9 Å². The maximum atomic E-state index is 13.7. The molecular weight excluding hydrogens is 265 g/mol. The normalized spacial score (nSPS) is 10.1. The number of carboxylic acids is 1. The van der Waals surface area contributed by atoms with Gasteiger partial charge in [-0.2, -0.15) is 5.26 Å². The monoisotopic (exact) mass is 281 g/mol. The summed E-state index contributed by atoms with van der Waals surface area (Å²) in [5, 5.41) is 17.5. The van der Waals surface area contributed by atoms with Crippen LogP contribution in [0.25, 0.3) is 0 Å². The second kappa shape index (κ2) is 7.31. The molecule has 0 unspecified atom stereocenters. The van der Waals surface area contributed by atoms with Crippen LogP contribution >= 0.6 is 0 Å². The van der Waals surface area contributed by atoms with Gasteiger partial charge < -0.3 is 20.5 Å². The van der Waals surface area contributed by atoms with E-state index in [0.717, 1.165) is 12.1 Å². The van der Waals surface area contributed by atoms with Crippen LogP contribution in [0.3, 0.4) is 0 Å². The van der Waals surface area contributed by atoms with Gasteiger partial charge in [0.2, 0.25) is 0 Å². The molecule has 6 nitrogen and oxygen atoms in total. The summed E-state index contributed by atoms with van der Waals surface area (Å²) in [5.74, 6) is -2.23. The largest absolute Gasteiger partial charge is 0.478 e. The summed E-state index contributed by atoms with van der Waals surface area (Å²) in [6, 6.07) is 4.15. The minimum atomic E-state index is -1.37. The Morgan fingerprint density at radius 3 is 2.80 bits per heavy atom. The fourth-order valence-corrected chi connectivity index (χ4v) is 1.76. The zero-order valence-corrected chi connectivity index (χ0v) is 11.1. The van der Waals surface area contributed by atoms with Gasteiger partial charge in [0, 0.05) is 26.3 Å². The molecule has 1 rings (SSSR count). The number of benzene rings is 1. The molecule has 108 valence electrons. The molecule has 0 aliphatic heterocycles. The fourth-order valence-electron chi connectivity index (χ4n) is 1.76. The van der Waals surface area contributed by atoms with Gasteiger partial charge in [0.05, 0.1) is 36.0 Å². The van der Waals surface area contributed by atoms with E-state index in [9.17, 15) is 9.18 Å². The van der Waals surface area contributed by atoms with Crippen molar-refractivity contribution in [2.45, 2.75) is 6.42 Å². The van der Waals surface area contributed by atoms with Crippen molar-refractivity contribution in [2.75, 3.05) is 37.4 Å². The van der Waals surface area contributed by atoms with Gasteiger partial charge in [-0.3, -0.25) is 0 Å². The summed E-state index contributed by atoms with van der Waals surface area (Å²) in [6.07, 6.45) is 0.242.